The molecular weight excluding hydrogens is 545 g/mol. The van der Waals surface area contributed by atoms with Crippen molar-refractivity contribution in [2.24, 2.45) is 0 Å². The Labute approximate surface area is 236 Å². The van der Waals surface area contributed by atoms with Gasteiger partial charge in [-0.1, -0.05) is 67.6 Å². The van der Waals surface area contributed by atoms with Crippen LogP contribution in [-0.4, -0.2) is 50.0 Å². The van der Waals surface area contributed by atoms with E-state index in [1.54, 1.807) is 30.3 Å². The molecule has 1 saturated carbocycles. The highest BCUT2D eigenvalue weighted by Gasteiger charge is 2.33. The molecule has 2 amide bonds. The highest BCUT2D eigenvalue weighted by Crippen LogP contribution is 2.27. The van der Waals surface area contributed by atoms with E-state index < -0.39 is 28.5 Å². The summed E-state index contributed by atoms with van der Waals surface area (Å²) in [5, 5.41) is 3.85. The number of aryl methyl sites for hydroxylation is 1. The van der Waals surface area contributed by atoms with Crippen LogP contribution in [-0.2, 0) is 26.2 Å². The fraction of sp³-hybridized carbons (Fsp3) is 0.500. The van der Waals surface area contributed by atoms with Gasteiger partial charge in [0.25, 0.3) is 0 Å². The summed E-state index contributed by atoms with van der Waals surface area (Å²) < 4.78 is 26.9. The lowest BCUT2D eigenvalue weighted by Crippen LogP contribution is -2.54. The first-order valence-corrected chi connectivity index (χ1v) is 15.6. The largest absolute Gasteiger partial charge is 0.352 e. The SMILES string of the molecule is CCC(C(=O)NC1CCCCC1)N(Cc1ccc(Cl)c(Cl)c1)C(=O)CN(c1cccc(C)c1C)S(C)(=O)=O. The Morgan fingerprint density at radius 3 is 2.34 bits per heavy atom. The van der Waals surface area contributed by atoms with Crippen LogP contribution in [0.15, 0.2) is 36.4 Å². The monoisotopic (exact) mass is 581 g/mol. The summed E-state index contributed by atoms with van der Waals surface area (Å²) in [5.74, 6) is -0.710. The van der Waals surface area contributed by atoms with Gasteiger partial charge in [-0.2, -0.15) is 0 Å². The van der Waals surface area contributed by atoms with Crippen LogP contribution in [0.25, 0.3) is 0 Å². The van der Waals surface area contributed by atoms with Gasteiger partial charge in [0.2, 0.25) is 21.8 Å². The Morgan fingerprint density at radius 2 is 1.74 bits per heavy atom. The van der Waals surface area contributed by atoms with Gasteiger partial charge in [-0.15, -0.1) is 0 Å². The maximum Gasteiger partial charge on any atom is 0.244 e. The molecule has 1 unspecified atom stereocenters. The van der Waals surface area contributed by atoms with Crippen LogP contribution < -0.4 is 9.62 Å². The molecule has 1 fully saturated rings. The number of nitrogens with one attached hydrogen (secondary N) is 1. The van der Waals surface area contributed by atoms with Crippen LogP contribution in [0.5, 0.6) is 0 Å². The van der Waals surface area contributed by atoms with Crippen molar-refractivity contribution in [3.63, 3.8) is 0 Å². The van der Waals surface area contributed by atoms with Crippen LogP contribution in [0.2, 0.25) is 10.0 Å². The van der Waals surface area contributed by atoms with Crippen LogP contribution in [0.4, 0.5) is 5.69 Å². The molecule has 10 heteroatoms. The average Bonchev–Trinajstić information content (AvgIpc) is 2.86. The van der Waals surface area contributed by atoms with Crippen molar-refractivity contribution in [3.8, 4) is 0 Å². The third-order valence-electron chi connectivity index (χ3n) is 7.20. The smallest absolute Gasteiger partial charge is 0.244 e. The van der Waals surface area contributed by atoms with Crippen LogP contribution in [0.3, 0.4) is 0 Å². The maximum absolute atomic E-state index is 13.9. The molecule has 0 heterocycles. The lowest BCUT2D eigenvalue weighted by molar-refractivity contribution is -0.140. The first-order valence-electron chi connectivity index (χ1n) is 13.0. The van der Waals surface area contributed by atoms with Crippen molar-refractivity contribution >= 4 is 50.7 Å². The molecule has 0 aliphatic heterocycles. The molecule has 1 aliphatic carbocycles. The summed E-state index contributed by atoms with van der Waals surface area (Å²) >= 11 is 12.3. The van der Waals surface area contributed by atoms with E-state index in [1.165, 1.54) is 4.90 Å². The molecule has 0 saturated heterocycles. The second-order valence-corrected chi connectivity index (χ2v) is 12.7. The molecule has 0 bridgehead atoms. The third-order valence-corrected chi connectivity index (χ3v) is 9.06. The van der Waals surface area contributed by atoms with Gasteiger partial charge in [-0.25, -0.2) is 8.42 Å². The number of carbonyl (C=O) groups excluding carboxylic acids is 2. The van der Waals surface area contributed by atoms with Crippen molar-refractivity contribution in [1.29, 1.82) is 0 Å². The maximum atomic E-state index is 13.9. The molecule has 0 spiro atoms. The van der Waals surface area contributed by atoms with Crippen LogP contribution >= 0.6 is 23.2 Å². The first kappa shape index (κ1) is 30.3. The Bertz CT molecular complexity index is 1260. The van der Waals surface area contributed by atoms with Crippen molar-refractivity contribution in [1.82, 2.24) is 10.2 Å². The number of carbonyl (C=O) groups is 2. The summed E-state index contributed by atoms with van der Waals surface area (Å²) in [4.78, 5) is 28.8. The second-order valence-electron chi connectivity index (χ2n) is 10.0. The fourth-order valence-corrected chi connectivity index (χ4v) is 6.12. The number of halogens is 2. The molecule has 208 valence electrons. The average molecular weight is 583 g/mol. The van der Waals surface area contributed by atoms with E-state index in [0.717, 1.165) is 53.8 Å². The van der Waals surface area contributed by atoms with Crippen molar-refractivity contribution in [2.75, 3.05) is 17.1 Å². The molecule has 3 rings (SSSR count). The fourth-order valence-electron chi connectivity index (χ4n) is 4.90. The van der Waals surface area contributed by atoms with Crippen LogP contribution in [0, 0.1) is 13.8 Å². The van der Waals surface area contributed by atoms with Gasteiger partial charge in [0, 0.05) is 12.6 Å². The molecule has 1 atom stereocenters. The minimum absolute atomic E-state index is 0.0784. The standard InChI is InChI=1S/C28H37Cl2N3O4S/c1-5-25(28(35)31-22-11-7-6-8-12-22)32(17-21-14-15-23(29)24(30)16-21)27(34)18-33(38(4,36)37)26-13-9-10-19(2)20(26)3/h9-10,13-16,22,25H,5-8,11-12,17-18H2,1-4H3,(H,31,35). The predicted octanol–water partition coefficient (Wildman–Crippen LogP) is 5.63. The van der Waals surface area contributed by atoms with E-state index in [1.807, 2.05) is 26.8 Å². The topological polar surface area (TPSA) is 86.8 Å². The number of hydrogen-bond acceptors (Lipinski definition) is 4. The zero-order valence-corrected chi connectivity index (χ0v) is 24.8. The van der Waals surface area contributed by atoms with Gasteiger partial charge in [0.05, 0.1) is 22.0 Å². The molecule has 38 heavy (non-hydrogen) atoms. The molecule has 1 aliphatic rings. The van der Waals surface area contributed by atoms with Gasteiger partial charge < -0.3 is 10.2 Å². The number of sulfonamides is 1. The van der Waals surface area contributed by atoms with E-state index in [2.05, 4.69) is 5.32 Å². The van der Waals surface area contributed by atoms with E-state index in [9.17, 15) is 18.0 Å². The molecule has 1 N–H and O–H groups in total. The lowest BCUT2D eigenvalue weighted by Gasteiger charge is -2.34. The van der Waals surface area contributed by atoms with Crippen molar-refractivity contribution in [2.45, 2.75) is 77.9 Å². The number of nitrogens with zero attached hydrogens (tertiary/aromatic N) is 2. The summed E-state index contributed by atoms with van der Waals surface area (Å²) in [5.41, 5.74) is 2.81. The zero-order valence-electron chi connectivity index (χ0n) is 22.5. The molecule has 2 aromatic carbocycles. The minimum atomic E-state index is -3.80. The minimum Gasteiger partial charge on any atom is -0.352 e. The predicted molar refractivity (Wildman–Crippen MR) is 154 cm³/mol. The van der Waals surface area contributed by atoms with Gasteiger partial charge in [0.15, 0.2) is 0 Å². The number of anilines is 1. The zero-order chi connectivity index (χ0) is 28.0. The van der Waals surface area contributed by atoms with Crippen LogP contribution in [0.1, 0.15) is 62.1 Å². The number of hydrogen-bond donors (Lipinski definition) is 1. The van der Waals surface area contributed by atoms with Crippen molar-refractivity contribution in [3.05, 3.63) is 63.1 Å². The summed E-state index contributed by atoms with van der Waals surface area (Å²) in [6.45, 7) is 5.21. The molecule has 2 aromatic rings. The molecular formula is C28H37Cl2N3O4S. The summed E-state index contributed by atoms with van der Waals surface area (Å²) in [6, 6.07) is 9.69. The van der Waals surface area contributed by atoms with Gasteiger partial charge in [-0.3, -0.25) is 13.9 Å². The highest BCUT2D eigenvalue weighted by atomic mass is 35.5. The number of rotatable bonds is 10. The number of amides is 2. The third kappa shape index (κ3) is 7.64. The van der Waals surface area contributed by atoms with Gasteiger partial charge in [-0.05, 0) is 68.0 Å². The van der Waals surface area contributed by atoms with E-state index in [4.69, 9.17) is 23.2 Å². The Morgan fingerprint density at radius 1 is 1.05 bits per heavy atom. The van der Waals surface area contributed by atoms with E-state index in [0.29, 0.717) is 27.7 Å². The van der Waals surface area contributed by atoms with Gasteiger partial charge in [0.1, 0.15) is 12.6 Å². The molecule has 7 nitrogen and oxygen atoms in total. The van der Waals surface area contributed by atoms with E-state index in [-0.39, 0.29) is 18.5 Å². The summed E-state index contributed by atoms with van der Waals surface area (Å²) in [6.07, 6.45) is 6.56. The van der Waals surface area contributed by atoms with Gasteiger partial charge >= 0.3 is 0 Å². The summed E-state index contributed by atoms with van der Waals surface area (Å²) in [7, 11) is -3.80. The first-order chi connectivity index (χ1) is 17.9. The quantitative estimate of drug-likeness (QED) is 0.393. The highest BCUT2D eigenvalue weighted by molar-refractivity contribution is 7.92. The normalized spacial score (nSPS) is 15.1. The lowest BCUT2D eigenvalue weighted by atomic mass is 9.95. The Balaban J connectivity index is 1.96. The van der Waals surface area contributed by atoms with Crippen molar-refractivity contribution < 1.29 is 18.0 Å². The molecule has 0 aromatic heterocycles. The Kier molecular flexibility index (Phi) is 10.5. The van der Waals surface area contributed by atoms with E-state index >= 15 is 0 Å². The number of benzene rings is 2. The molecule has 0 radical (unpaired) electrons. The second kappa shape index (κ2) is 13.2. The Hall–Kier alpha value is -2.29.